The molecule has 0 spiro atoms. The van der Waals surface area contributed by atoms with Gasteiger partial charge in [-0.3, -0.25) is 4.79 Å². The van der Waals surface area contributed by atoms with Crippen LogP contribution in [0.15, 0.2) is 12.1 Å². The molecule has 1 aliphatic heterocycles. The number of hydrogen-bond acceptors (Lipinski definition) is 2. The average Bonchev–Trinajstić information content (AvgIpc) is 2.16. The molecule has 1 aromatic rings. The van der Waals surface area contributed by atoms with Crippen molar-refractivity contribution in [1.82, 2.24) is 5.32 Å². The number of benzene rings is 1. The molecule has 0 atom stereocenters. The van der Waals surface area contributed by atoms with Gasteiger partial charge >= 0.3 is 0 Å². The van der Waals surface area contributed by atoms with E-state index in [2.05, 4.69) is 11.1 Å². The van der Waals surface area contributed by atoms with E-state index in [9.17, 15) is 4.79 Å². The SMILES string of the molecule is CC(N)=O.Clc1cc(Cl)c2c(c1)CNCC2. The molecule has 1 amide bonds. The molecule has 1 aromatic carbocycles. The normalized spacial score (nSPS) is 13.4. The van der Waals surface area contributed by atoms with Crippen molar-refractivity contribution < 1.29 is 4.79 Å². The Morgan fingerprint density at radius 3 is 2.69 bits per heavy atom. The molecule has 3 nitrogen and oxygen atoms in total. The fourth-order valence-corrected chi connectivity index (χ4v) is 2.16. The summed E-state index contributed by atoms with van der Waals surface area (Å²) < 4.78 is 0. The minimum atomic E-state index is -0.333. The zero-order chi connectivity index (χ0) is 12.1. The number of amides is 1. The smallest absolute Gasteiger partial charge is 0.214 e. The Kier molecular flexibility index (Phi) is 5.06. The van der Waals surface area contributed by atoms with Crippen molar-refractivity contribution in [3.05, 3.63) is 33.3 Å². The van der Waals surface area contributed by atoms with Crippen LogP contribution in [-0.4, -0.2) is 12.5 Å². The van der Waals surface area contributed by atoms with Gasteiger partial charge in [0.05, 0.1) is 0 Å². The lowest BCUT2D eigenvalue weighted by molar-refractivity contribution is -0.115. The van der Waals surface area contributed by atoms with E-state index in [1.165, 1.54) is 18.1 Å². The molecule has 0 aliphatic carbocycles. The van der Waals surface area contributed by atoms with Crippen LogP contribution in [0.5, 0.6) is 0 Å². The minimum Gasteiger partial charge on any atom is -0.370 e. The fraction of sp³-hybridized carbons (Fsp3) is 0.364. The Morgan fingerprint density at radius 1 is 1.44 bits per heavy atom. The average molecular weight is 261 g/mol. The number of nitrogens with one attached hydrogen (secondary N) is 1. The Hall–Kier alpha value is -0.770. The van der Waals surface area contributed by atoms with Crippen LogP contribution in [0.1, 0.15) is 18.1 Å². The molecular weight excluding hydrogens is 247 g/mol. The second kappa shape index (κ2) is 6.09. The predicted octanol–water partition coefficient (Wildman–Crippen LogP) is 2.13. The number of hydrogen-bond donors (Lipinski definition) is 2. The summed E-state index contributed by atoms with van der Waals surface area (Å²) >= 11 is 11.9. The Morgan fingerprint density at radius 2 is 2.06 bits per heavy atom. The zero-order valence-electron chi connectivity index (χ0n) is 9.02. The van der Waals surface area contributed by atoms with E-state index in [4.69, 9.17) is 23.2 Å². The second-order valence-corrected chi connectivity index (χ2v) is 4.41. The number of carbonyl (C=O) groups is 1. The molecule has 3 N–H and O–H groups in total. The van der Waals surface area contributed by atoms with Crippen LogP contribution in [0.3, 0.4) is 0 Å². The van der Waals surface area contributed by atoms with E-state index in [1.807, 2.05) is 12.1 Å². The highest BCUT2D eigenvalue weighted by Gasteiger charge is 2.12. The van der Waals surface area contributed by atoms with E-state index in [0.29, 0.717) is 0 Å². The molecule has 1 aliphatic rings. The maximum absolute atomic E-state index is 9.22. The Bertz CT molecular complexity index is 390. The number of halogens is 2. The van der Waals surface area contributed by atoms with Crippen LogP contribution >= 0.6 is 23.2 Å². The molecule has 0 bridgehead atoms. The lowest BCUT2D eigenvalue weighted by Gasteiger charge is -2.18. The monoisotopic (exact) mass is 260 g/mol. The van der Waals surface area contributed by atoms with Gasteiger partial charge in [0.1, 0.15) is 0 Å². The number of primary amides is 1. The molecule has 2 rings (SSSR count). The van der Waals surface area contributed by atoms with Gasteiger partial charge in [0, 0.05) is 23.5 Å². The van der Waals surface area contributed by atoms with Gasteiger partial charge in [0.15, 0.2) is 0 Å². The predicted molar refractivity (Wildman–Crippen MR) is 66.7 cm³/mol. The molecule has 88 valence electrons. The van der Waals surface area contributed by atoms with Gasteiger partial charge in [-0.2, -0.15) is 0 Å². The summed E-state index contributed by atoms with van der Waals surface area (Å²) in [5.74, 6) is -0.333. The molecule has 0 unspecified atom stereocenters. The van der Waals surface area contributed by atoms with Crippen molar-refractivity contribution in [3.63, 3.8) is 0 Å². The Balaban J connectivity index is 0.000000280. The first-order valence-corrected chi connectivity index (χ1v) is 5.70. The first-order chi connectivity index (χ1) is 7.50. The van der Waals surface area contributed by atoms with Crippen LogP contribution in [0.25, 0.3) is 0 Å². The minimum absolute atomic E-state index is 0.333. The number of carbonyl (C=O) groups excluding carboxylic acids is 1. The van der Waals surface area contributed by atoms with Crippen LogP contribution < -0.4 is 11.1 Å². The lowest BCUT2D eigenvalue weighted by atomic mass is 10.0. The van der Waals surface area contributed by atoms with Crippen LogP contribution in [0.4, 0.5) is 0 Å². The molecule has 1 heterocycles. The fourth-order valence-electron chi connectivity index (χ4n) is 1.53. The van der Waals surface area contributed by atoms with Crippen LogP contribution in [0.2, 0.25) is 10.0 Å². The molecule has 0 fully saturated rings. The third kappa shape index (κ3) is 4.00. The summed E-state index contributed by atoms with van der Waals surface area (Å²) in [4.78, 5) is 9.22. The standard InChI is InChI=1S/C9H9Cl2N.C2H5NO/c10-7-3-6-5-12-2-1-8(6)9(11)4-7;1-2(3)4/h3-4,12H,1-2,5H2;1H3,(H2,3,4). The second-order valence-electron chi connectivity index (χ2n) is 3.56. The molecular formula is C11H14Cl2N2O. The van der Waals surface area contributed by atoms with Gasteiger partial charge in [0.25, 0.3) is 0 Å². The van der Waals surface area contributed by atoms with Crippen molar-refractivity contribution >= 4 is 29.1 Å². The van der Waals surface area contributed by atoms with Gasteiger partial charge in [-0.05, 0) is 36.2 Å². The molecule has 16 heavy (non-hydrogen) atoms. The maximum Gasteiger partial charge on any atom is 0.214 e. The van der Waals surface area contributed by atoms with Crippen molar-refractivity contribution in [2.24, 2.45) is 5.73 Å². The van der Waals surface area contributed by atoms with Crippen molar-refractivity contribution in [2.45, 2.75) is 19.9 Å². The lowest BCUT2D eigenvalue weighted by Crippen LogP contribution is -2.23. The largest absolute Gasteiger partial charge is 0.370 e. The van der Waals surface area contributed by atoms with E-state index in [0.717, 1.165) is 29.6 Å². The first kappa shape index (κ1) is 13.3. The zero-order valence-corrected chi connectivity index (χ0v) is 10.5. The van der Waals surface area contributed by atoms with Gasteiger partial charge in [-0.25, -0.2) is 0 Å². The maximum atomic E-state index is 9.22. The molecule has 0 aromatic heterocycles. The van der Waals surface area contributed by atoms with Gasteiger partial charge in [-0.15, -0.1) is 0 Å². The summed E-state index contributed by atoms with van der Waals surface area (Å²) in [6.45, 7) is 3.20. The molecule has 0 saturated heterocycles. The van der Waals surface area contributed by atoms with Gasteiger partial charge in [-0.1, -0.05) is 23.2 Å². The number of rotatable bonds is 0. The summed E-state index contributed by atoms with van der Waals surface area (Å²) in [7, 11) is 0. The van der Waals surface area contributed by atoms with Crippen molar-refractivity contribution in [1.29, 1.82) is 0 Å². The molecule has 0 radical (unpaired) electrons. The molecule has 5 heteroatoms. The highest BCUT2D eigenvalue weighted by atomic mass is 35.5. The molecule has 0 saturated carbocycles. The Labute approximate surface area is 105 Å². The van der Waals surface area contributed by atoms with E-state index in [-0.39, 0.29) is 5.91 Å². The summed E-state index contributed by atoms with van der Waals surface area (Å²) in [6.07, 6.45) is 1.01. The summed E-state index contributed by atoms with van der Waals surface area (Å²) in [6, 6.07) is 3.79. The topological polar surface area (TPSA) is 55.1 Å². The quantitative estimate of drug-likeness (QED) is 0.751. The van der Waals surface area contributed by atoms with Crippen LogP contribution in [-0.2, 0) is 17.8 Å². The van der Waals surface area contributed by atoms with Crippen molar-refractivity contribution in [2.75, 3.05) is 6.54 Å². The highest BCUT2D eigenvalue weighted by molar-refractivity contribution is 6.35. The third-order valence-electron chi connectivity index (χ3n) is 2.12. The summed E-state index contributed by atoms with van der Waals surface area (Å²) in [5.41, 5.74) is 6.96. The van der Waals surface area contributed by atoms with Crippen molar-refractivity contribution in [3.8, 4) is 0 Å². The first-order valence-electron chi connectivity index (χ1n) is 4.94. The van der Waals surface area contributed by atoms with Gasteiger partial charge < -0.3 is 11.1 Å². The third-order valence-corrected chi connectivity index (χ3v) is 2.68. The summed E-state index contributed by atoms with van der Waals surface area (Å²) in [5, 5.41) is 4.81. The van der Waals surface area contributed by atoms with Crippen LogP contribution in [0, 0.1) is 0 Å². The van der Waals surface area contributed by atoms with E-state index < -0.39 is 0 Å². The van der Waals surface area contributed by atoms with Gasteiger partial charge in [0.2, 0.25) is 5.91 Å². The van der Waals surface area contributed by atoms with E-state index in [1.54, 1.807) is 0 Å². The van der Waals surface area contributed by atoms with E-state index >= 15 is 0 Å². The number of nitrogens with two attached hydrogens (primary N) is 1. The number of fused-ring (bicyclic) bond motifs is 1. The highest BCUT2D eigenvalue weighted by Crippen LogP contribution is 2.27.